The summed E-state index contributed by atoms with van der Waals surface area (Å²) in [5.41, 5.74) is 0.761. The van der Waals surface area contributed by atoms with Gasteiger partial charge in [-0.1, -0.05) is 17.7 Å². The molecule has 0 spiro atoms. The first kappa shape index (κ1) is 14.3. The van der Waals surface area contributed by atoms with Crippen LogP contribution in [0.3, 0.4) is 0 Å². The molecule has 0 aliphatic carbocycles. The summed E-state index contributed by atoms with van der Waals surface area (Å²) in [5, 5.41) is 3.48. The van der Waals surface area contributed by atoms with E-state index < -0.39 is 0 Å². The van der Waals surface area contributed by atoms with Crippen LogP contribution in [0.25, 0.3) is 0 Å². The molecule has 1 fully saturated rings. The highest BCUT2D eigenvalue weighted by Gasteiger charge is 2.14. The standard InChI is InChI=1S/C12H15ClN2O.ClH/c13-10-4-3-5-11(8-10)14-12(16)9-15-6-1-2-7-15;/h3-5,8H,1-2,6-7,9H2,(H,14,16);1H/p-1. The van der Waals surface area contributed by atoms with E-state index in [-0.39, 0.29) is 18.3 Å². The second-order valence-electron chi connectivity index (χ2n) is 4.04. The second-order valence-corrected chi connectivity index (χ2v) is 4.48. The van der Waals surface area contributed by atoms with E-state index in [0.29, 0.717) is 11.6 Å². The number of amides is 1. The highest BCUT2D eigenvalue weighted by molar-refractivity contribution is 6.30. The van der Waals surface area contributed by atoms with Crippen LogP contribution in [0.1, 0.15) is 12.8 Å². The van der Waals surface area contributed by atoms with Crippen LogP contribution in [-0.4, -0.2) is 30.4 Å². The van der Waals surface area contributed by atoms with Crippen molar-refractivity contribution < 1.29 is 17.2 Å². The number of halogens is 2. The molecule has 0 aromatic heterocycles. The molecule has 1 aliphatic rings. The molecule has 1 saturated heterocycles. The van der Waals surface area contributed by atoms with Crippen molar-refractivity contribution in [2.24, 2.45) is 0 Å². The maximum absolute atomic E-state index is 11.7. The van der Waals surface area contributed by atoms with E-state index in [2.05, 4.69) is 10.2 Å². The highest BCUT2D eigenvalue weighted by atomic mass is 35.5. The van der Waals surface area contributed by atoms with Crippen molar-refractivity contribution in [1.82, 2.24) is 4.90 Å². The summed E-state index contributed by atoms with van der Waals surface area (Å²) in [4.78, 5) is 13.9. The fourth-order valence-corrected chi connectivity index (χ4v) is 2.10. The molecule has 1 N–H and O–H groups in total. The lowest BCUT2D eigenvalue weighted by atomic mass is 10.3. The quantitative estimate of drug-likeness (QED) is 0.796. The summed E-state index contributed by atoms with van der Waals surface area (Å²) >= 11 is 5.84. The van der Waals surface area contributed by atoms with Gasteiger partial charge in [-0.25, -0.2) is 0 Å². The molecule has 1 heterocycles. The Labute approximate surface area is 113 Å². The summed E-state index contributed by atoms with van der Waals surface area (Å²) in [7, 11) is 0. The SMILES string of the molecule is O=C(CN1CCCC1)Nc1cccc(Cl)c1.[Cl-]. The van der Waals surface area contributed by atoms with Gasteiger partial charge >= 0.3 is 0 Å². The predicted molar refractivity (Wildman–Crippen MR) is 65.8 cm³/mol. The zero-order chi connectivity index (χ0) is 11.4. The molecule has 0 radical (unpaired) electrons. The molecule has 0 atom stereocenters. The molecule has 0 unspecified atom stereocenters. The maximum atomic E-state index is 11.7. The molecule has 0 bridgehead atoms. The summed E-state index contributed by atoms with van der Waals surface area (Å²) in [6.07, 6.45) is 2.40. The van der Waals surface area contributed by atoms with Gasteiger partial charge in [0.1, 0.15) is 0 Å². The number of anilines is 1. The summed E-state index contributed by atoms with van der Waals surface area (Å²) in [6.45, 7) is 2.54. The Morgan fingerprint density at radius 2 is 2.06 bits per heavy atom. The third-order valence-electron chi connectivity index (χ3n) is 2.67. The van der Waals surface area contributed by atoms with Gasteiger partial charge in [0, 0.05) is 10.7 Å². The average Bonchev–Trinajstić information content (AvgIpc) is 2.70. The summed E-state index contributed by atoms with van der Waals surface area (Å²) < 4.78 is 0. The normalized spacial score (nSPS) is 15.4. The molecule has 17 heavy (non-hydrogen) atoms. The van der Waals surface area contributed by atoms with Gasteiger partial charge in [-0.2, -0.15) is 0 Å². The first-order valence-electron chi connectivity index (χ1n) is 5.52. The Morgan fingerprint density at radius 3 is 2.71 bits per heavy atom. The van der Waals surface area contributed by atoms with Gasteiger partial charge in [-0.05, 0) is 44.1 Å². The van der Waals surface area contributed by atoms with Crippen molar-refractivity contribution in [3.05, 3.63) is 29.3 Å². The number of hydrogen-bond donors (Lipinski definition) is 1. The number of carbonyl (C=O) groups is 1. The molecular weight excluding hydrogens is 259 g/mol. The van der Waals surface area contributed by atoms with Crippen molar-refractivity contribution in [2.45, 2.75) is 12.8 Å². The van der Waals surface area contributed by atoms with Gasteiger partial charge in [0.05, 0.1) is 6.54 Å². The number of nitrogens with one attached hydrogen (secondary N) is 1. The predicted octanol–water partition coefficient (Wildman–Crippen LogP) is -0.622. The molecule has 1 amide bonds. The van der Waals surface area contributed by atoms with E-state index in [9.17, 15) is 4.79 Å². The van der Waals surface area contributed by atoms with Crippen LogP contribution < -0.4 is 17.7 Å². The van der Waals surface area contributed by atoms with Crippen LogP contribution in [0.2, 0.25) is 5.02 Å². The maximum Gasteiger partial charge on any atom is 0.238 e. The number of hydrogen-bond acceptors (Lipinski definition) is 2. The van der Waals surface area contributed by atoms with Gasteiger partial charge in [0.2, 0.25) is 5.91 Å². The van der Waals surface area contributed by atoms with Crippen LogP contribution in [0.4, 0.5) is 5.69 Å². The molecule has 2 rings (SSSR count). The monoisotopic (exact) mass is 273 g/mol. The zero-order valence-electron chi connectivity index (χ0n) is 9.46. The van der Waals surface area contributed by atoms with E-state index in [0.717, 1.165) is 18.8 Å². The molecule has 94 valence electrons. The molecule has 1 aromatic carbocycles. The van der Waals surface area contributed by atoms with Crippen LogP contribution in [0.15, 0.2) is 24.3 Å². The second kappa shape index (κ2) is 6.84. The molecule has 0 saturated carbocycles. The first-order chi connectivity index (χ1) is 7.74. The van der Waals surface area contributed by atoms with Crippen molar-refractivity contribution in [3.8, 4) is 0 Å². The fraction of sp³-hybridized carbons (Fsp3) is 0.417. The van der Waals surface area contributed by atoms with Crippen molar-refractivity contribution in [2.75, 3.05) is 25.0 Å². The third-order valence-corrected chi connectivity index (χ3v) is 2.91. The zero-order valence-corrected chi connectivity index (χ0v) is 11.0. The topological polar surface area (TPSA) is 32.3 Å². The average molecular weight is 274 g/mol. The Morgan fingerprint density at radius 1 is 1.35 bits per heavy atom. The summed E-state index contributed by atoms with van der Waals surface area (Å²) in [5.74, 6) is 0.0316. The van der Waals surface area contributed by atoms with Gasteiger partial charge in [0.25, 0.3) is 0 Å². The minimum Gasteiger partial charge on any atom is -1.00 e. The lowest BCUT2D eigenvalue weighted by molar-refractivity contribution is -0.117. The molecule has 5 heteroatoms. The van der Waals surface area contributed by atoms with E-state index >= 15 is 0 Å². The smallest absolute Gasteiger partial charge is 0.238 e. The minimum atomic E-state index is 0. The molecular formula is C12H15Cl2N2O-. The van der Waals surface area contributed by atoms with Crippen LogP contribution in [0.5, 0.6) is 0 Å². The van der Waals surface area contributed by atoms with Crippen molar-refractivity contribution in [3.63, 3.8) is 0 Å². The largest absolute Gasteiger partial charge is 1.00 e. The van der Waals surface area contributed by atoms with Gasteiger partial charge < -0.3 is 17.7 Å². The molecule has 3 nitrogen and oxygen atoms in total. The van der Waals surface area contributed by atoms with Crippen molar-refractivity contribution in [1.29, 1.82) is 0 Å². The summed E-state index contributed by atoms with van der Waals surface area (Å²) in [6, 6.07) is 7.21. The fourth-order valence-electron chi connectivity index (χ4n) is 1.91. The van der Waals surface area contributed by atoms with E-state index in [4.69, 9.17) is 11.6 Å². The lowest BCUT2D eigenvalue weighted by Crippen LogP contribution is -3.00. The van der Waals surface area contributed by atoms with Gasteiger partial charge in [-0.3, -0.25) is 9.69 Å². The number of carbonyl (C=O) groups excluding carboxylic acids is 1. The Hall–Kier alpha value is -0.770. The van der Waals surface area contributed by atoms with Crippen LogP contribution in [-0.2, 0) is 4.79 Å². The van der Waals surface area contributed by atoms with Crippen molar-refractivity contribution >= 4 is 23.2 Å². The number of benzene rings is 1. The van der Waals surface area contributed by atoms with E-state index in [1.54, 1.807) is 12.1 Å². The van der Waals surface area contributed by atoms with Gasteiger partial charge in [-0.15, -0.1) is 0 Å². The first-order valence-corrected chi connectivity index (χ1v) is 5.89. The van der Waals surface area contributed by atoms with Crippen LogP contribution in [0, 0.1) is 0 Å². The van der Waals surface area contributed by atoms with Crippen LogP contribution >= 0.6 is 11.6 Å². The third kappa shape index (κ3) is 4.54. The number of nitrogens with zero attached hydrogens (tertiary/aromatic N) is 1. The highest BCUT2D eigenvalue weighted by Crippen LogP contribution is 2.15. The van der Waals surface area contributed by atoms with E-state index in [1.807, 2.05) is 12.1 Å². The minimum absolute atomic E-state index is 0. The van der Waals surface area contributed by atoms with Gasteiger partial charge in [0.15, 0.2) is 0 Å². The Balaban J connectivity index is 0.00000144. The molecule has 1 aliphatic heterocycles. The molecule has 1 aromatic rings. The number of rotatable bonds is 3. The number of likely N-dealkylation sites (tertiary alicyclic amines) is 1. The lowest BCUT2D eigenvalue weighted by Gasteiger charge is -2.14. The Kier molecular flexibility index (Phi) is 5.75. The van der Waals surface area contributed by atoms with E-state index in [1.165, 1.54) is 12.8 Å². The Bertz CT molecular complexity index is 379.